The molecule has 4 aliphatic rings. The molecule has 0 unspecified atom stereocenters. The Labute approximate surface area is 731 Å². The van der Waals surface area contributed by atoms with Gasteiger partial charge >= 0.3 is 0 Å². The SMILES string of the molecule is CNC1CCN(c2cc(Nc3cc(C)ns3)n3ncc(-c4cnn(C)c4)c3n2)CC1.CNC1CN(c2cc(Nc3cc(C)ns3)n3ncc(-c4cnn(C)c4)c3n2)C1.Cc1cc(Nc2cc(N3CCC(N)(CO)CC3)nc3c(-c4cnn(C)c4)cnn23)sn1.Cc1cc(Nc2cc(N3CCC(N)CC3)nc3c(-c4cnn(C)c4)cnn23)sc1S(=O)(=O)N(C)C. The quantitative estimate of drug-likeness (QED) is 0.0323. The van der Waals surface area contributed by atoms with Gasteiger partial charge in [0.25, 0.3) is 10.0 Å². The molecule has 0 aliphatic carbocycles. The Balaban J connectivity index is 0.000000117. The van der Waals surface area contributed by atoms with Crippen molar-refractivity contribution in [2.45, 2.75) is 94.1 Å². The second-order valence-corrected chi connectivity index (χ2v) is 37.7. The molecule has 20 rings (SSSR count). The van der Waals surface area contributed by atoms with Crippen LogP contribution >= 0.6 is 45.9 Å². The van der Waals surface area contributed by atoms with Crippen molar-refractivity contribution in [3.8, 4) is 44.5 Å². The fraction of sp³-hybridized carbons (Fsp3) is 0.388. The Bertz CT molecular complexity index is 6560. The lowest BCUT2D eigenvalue weighted by molar-refractivity contribution is 0.170. The summed E-state index contributed by atoms with van der Waals surface area (Å²) in [6.45, 7) is 14.7. The minimum atomic E-state index is -3.53. The zero-order chi connectivity index (χ0) is 86.4. The van der Waals surface area contributed by atoms with E-state index in [1.807, 2.05) is 181 Å². The van der Waals surface area contributed by atoms with E-state index in [1.165, 1.54) is 64.3 Å². The maximum Gasteiger partial charge on any atom is 0.252 e. The molecule has 0 atom stereocenters. The Kier molecular flexibility index (Phi) is 24.0. The second kappa shape index (κ2) is 35.3. The Morgan fingerprint density at radius 2 is 0.782 bits per heavy atom. The first-order valence-electron chi connectivity index (χ1n) is 40.7. The van der Waals surface area contributed by atoms with Gasteiger partial charge in [-0.05, 0) is 145 Å². The Morgan fingerprint density at radius 3 is 1.09 bits per heavy atom. The lowest BCUT2D eigenvalue weighted by atomic mass is 9.89. The summed E-state index contributed by atoms with van der Waals surface area (Å²) in [7, 11) is 11.2. The molecule has 44 heteroatoms. The number of sulfonamides is 1. The summed E-state index contributed by atoms with van der Waals surface area (Å²) in [6, 6.07) is 17.3. The van der Waals surface area contributed by atoms with Gasteiger partial charge in [0.05, 0.1) is 78.3 Å². The summed E-state index contributed by atoms with van der Waals surface area (Å²) in [5, 5.41) is 69.3. The summed E-state index contributed by atoms with van der Waals surface area (Å²) >= 11 is 5.49. The molecule has 11 N–H and O–H groups in total. The highest BCUT2D eigenvalue weighted by Crippen LogP contribution is 2.40. The number of aryl methyl sites for hydroxylation is 8. The van der Waals surface area contributed by atoms with Crippen LogP contribution in [0.4, 0.5) is 66.5 Å². The molecule has 124 heavy (non-hydrogen) atoms. The van der Waals surface area contributed by atoms with Crippen LogP contribution in [0.2, 0.25) is 0 Å². The summed E-state index contributed by atoms with van der Waals surface area (Å²) < 4.78 is 54.5. The first-order chi connectivity index (χ1) is 59.8. The van der Waals surface area contributed by atoms with Gasteiger partial charge in [-0.2, -0.15) is 72.0 Å². The maximum absolute atomic E-state index is 12.7. The zero-order valence-electron chi connectivity index (χ0n) is 70.9. The molecular formula is C80H100N36O3S5. The van der Waals surface area contributed by atoms with Crippen LogP contribution in [0.1, 0.15) is 61.2 Å². The number of hydrogen-bond acceptors (Lipinski definition) is 34. The number of aliphatic hydroxyl groups excluding tert-OH is 1. The number of rotatable bonds is 21. The van der Waals surface area contributed by atoms with Crippen LogP contribution in [-0.4, -0.2) is 239 Å². The van der Waals surface area contributed by atoms with Crippen molar-refractivity contribution in [3.05, 3.63) is 146 Å². The van der Waals surface area contributed by atoms with Gasteiger partial charge in [0.15, 0.2) is 22.6 Å². The molecule has 39 nitrogen and oxygen atoms in total. The van der Waals surface area contributed by atoms with Crippen molar-refractivity contribution >= 4 is 145 Å². The smallest absolute Gasteiger partial charge is 0.252 e. The minimum absolute atomic E-state index is 0.00137. The monoisotopic (exact) mass is 1770 g/mol. The number of aliphatic hydroxyl groups is 1. The molecule has 4 fully saturated rings. The molecule has 16 aromatic rings. The van der Waals surface area contributed by atoms with Crippen LogP contribution in [0.5, 0.6) is 0 Å². The molecule has 0 radical (unpaired) electrons. The molecule has 0 amide bonds. The molecule has 4 saturated heterocycles. The average molecular weight is 1770 g/mol. The van der Waals surface area contributed by atoms with Gasteiger partial charge in [-0.1, -0.05) is 0 Å². The summed E-state index contributed by atoms with van der Waals surface area (Å²) in [6.07, 6.45) is 27.9. The number of anilines is 12. The predicted molar refractivity (Wildman–Crippen MR) is 489 cm³/mol. The van der Waals surface area contributed by atoms with Crippen LogP contribution in [0, 0.1) is 27.7 Å². The normalized spacial score (nSPS) is 15.4. The van der Waals surface area contributed by atoms with Gasteiger partial charge in [-0.25, -0.2) is 32.7 Å². The number of thiophene rings is 1. The average Bonchev–Trinajstić information content (AvgIpc) is 1.62. The number of piperidine rings is 3. The van der Waals surface area contributed by atoms with Gasteiger partial charge in [-0.15, -0.1) is 11.3 Å². The van der Waals surface area contributed by atoms with Crippen molar-refractivity contribution in [3.63, 3.8) is 0 Å². The van der Waals surface area contributed by atoms with E-state index in [0.29, 0.717) is 51.2 Å². The largest absolute Gasteiger partial charge is 0.394 e. The Morgan fingerprint density at radius 1 is 0.452 bits per heavy atom. The van der Waals surface area contributed by atoms with Gasteiger partial charge in [-0.3, -0.25) is 18.7 Å². The first-order valence-corrected chi connectivity index (χ1v) is 45.3. The number of nitrogens with one attached hydrogen (secondary N) is 6. The predicted octanol–water partition coefficient (Wildman–Crippen LogP) is 9.22. The number of nitrogens with zero attached hydrogens (tertiary/aromatic N) is 28. The van der Waals surface area contributed by atoms with Crippen molar-refractivity contribution in [2.24, 2.45) is 39.7 Å². The molecule has 16 aromatic heterocycles. The fourth-order valence-electron chi connectivity index (χ4n) is 15.3. The van der Waals surface area contributed by atoms with E-state index in [9.17, 15) is 13.5 Å². The Hall–Kier alpha value is -12.0. The van der Waals surface area contributed by atoms with E-state index >= 15 is 0 Å². The zero-order valence-corrected chi connectivity index (χ0v) is 74.9. The number of fused-ring (bicyclic) bond motifs is 4. The first kappa shape index (κ1) is 84.2. The second-order valence-electron chi connectivity index (χ2n) is 31.9. The third-order valence-corrected chi connectivity index (χ3v) is 28.4. The summed E-state index contributed by atoms with van der Waals surface area (Å²) in [5.74, 6) is 6.83. The van der Waals surface area contributed by atoms with Crippen molar-refractivity contribution in [1.29, 1.82) is 0 Å². The molecule has 4 aliphatic heterocycles. The lowest BCUT2D eigenvalue weighted by Gasteiger charge is -2.40. The molecule has 0 saturated carbocycles. The number of aromatic nitrogens is 23. The molecule has 0 bridgehead atoms. The highest BCUT2D eigenvalue weighted by Gasteiger charge is 2.34. The number of nitrogens with two attached hydrogens (primary N) is 2. The number of likely N-dealkylation sites (N-methyl/N-ethyl adjacent to an activating group) is 1. The summed E-state index contributed by atoms with van der Waals surface area (Å²) in [5.41, 5.74) is 26.2. The highest BCUT2D eigenvalue weighted by atomic mass is 32.2. The van der Waals surface area contributed by atoms with E-state index in [1.54, 1.807) is 42.6 Å². The molecule has 20 heterocycles. The number of hydrogen-bond donors (Lipinski definition) is 9. The molecular weight excluding hydrogens is 1670 g/mol. The van der Waals surface area contributed by atoms with E-state index < -0.39 is 15.6 Å². The van der Waals surface area contributed by atoms with Crippen LogP contribution in [0.25, 0.3) is 67.1 Å². The van der Waals surface area contributed by atoms with Gasteiger partial charge in [0.2, 0.25) is 0 Å². The van der Waals surface area contributed by atoms with E-state index in [0.717, 1.165) is 212 Å². The van der Waals surface area contributed by atoms with Gasteiger partial charge in [0.1, 0.15) is 65.8 Å². The fourth-order valence-corrected chi connectivity index (χ4v) is 20.0. The lowest BCUT2D eigenvalue weighted by Crippen LogP contribution is -2.57. The van der Waals surface area contributed by atoms with Crippen LogP contribution < -0.4 is 63.0 Å². The molecule has 0 aromatic carbocycles. The molecule has 0 spiro atoms. The van der Waals surface area contributed by atoms with Crippen LogP contribution in [0.15, 0.2) is 127 Å². The highest BCUT2D eigenvalue weighted by molar-refractivity contribution is 7.91. The van der Waals surface area contributed by atoms with Crippen molar-refractivity contribution in [1.82, 2.24) is 126 Å². The maximum atomic E-state index is 12.7. The standard InChI is InChI=1S/C22H29N9O2S2.C20H25N9OS.C20H25N9S.C18H21N9S/c1-14-9-20(34-22(14)35(32,33)28(2)3)26-19-10-18(30-7-5-16(23)6-8-30)27-21-17(12-25-31(19)21)15-11-24-29(4)13-15;1-13-7-18(31-26-13)24-17-8-16(28-5-3-20(21,12-30)4-6-28)25-19-15(10-23-29(17)19)14-9-22-27(2)11-14;1-13-8-19(30-26-13)24-18-9-17(28-6-4-15(21-2)5-7-28)25-20-16(11-23-29(18)20)14-10-22-27(3)12-14;1-11-4-17(28-24-11)22-16-5-15(26-9-13(10-26)19-2)23-18-14(7-21-27(16)18)12-6-20-25(3)8-12/h9-13,16,26H,5-8,23H2,1-4H3;7-11,24,30H,3-6,12,21H2,1-2H3;8-12,15,21,24H,4-7H2,1-3H3;4-8,13,19,22H,9-10H2,1-3H3. The summed E-state index contributed by atoms with van der Waals surface area (Å²) in [4.78, 5) is 28.9. The minimum Gasteiger partial charge on any atom is -0.394 e. The van der Waals surface area contributed by atoms with Gasteiger partial charge in [0, 0.05) is 212 Å². The van der Waals surface area contributed by atoms with Crippen LogP contribution in [0.3, 0.4) is 0 Å². The molecule has 648 valence electrons. The van der Waals surface area contributed by atoms with E-state index in [-0.39, 0.29) is 12.6 Å². The van der Waals surface area contributed by atoms with Crippen molar-refractivity contribution < 1.29 is 13.5 Å². The third-order valence-electron chi connectivity index (χ3n) is 22.5. The van der Waals surface area contributed by atoms with Gasteiger partial charge < -0.3 is 68.1 Å². The van der Waals surface area contributed by atoms with E-state index in [2.05, 4.69) is 111 Å². The van der Waals surface area contributed by atoms with Crippen molar-refractivity contribution in [2.75, 3.05) is 128 Å². The van der Waals surface area contributed by atoms with Crippen LogP contribution in [-0.2, 0) is 38.2 Å². The third kappa shape index (κ3) is 17.9. The van der Waals surface area contributed by atoms with E-state index in [4.69, 9.17) is 31.4 Å². The topological polar surface area (TPSA) is 425 Å².